The smallest absolute Gasteiger partial charge is 0.234 e. The summed E-state index contributed by atoms with van der Waals surface area (Å²) in [5.74, 6) is 0.384. The lowest BCUT2D eigenvalue weighted by Crippen LogP contribution is -2.38. The average molecular weight is 264 g/mol. The molecule has 0 unspecified atom stereocenters. The summed E-state index contributed by atoms with van der Waals surface area (Å²) >= 11 is 3.36. The minimum absolute atomic E-state index is 0.0653. The number of amides is 1. The molecule has 4 heteroatoms. The first-order chi connectivity index (χ1) is 6.61. The number of rotatable bonds is 4. The zero-order valence-electron chi connectivity index (χ0n) is 8.75. The highest BCUT2D eigenvalue weighted by Crippen LogP contribution is 2.13. The van der Waals surface area contributed by atoms with E-state index in [0.29, 0.717) is 12.5 Å². The van der Waals surface area contributed by atoms with Crippen molar-refractivity contribution in [1.82, 2.24) is 5.32 Å². The van der Waals surface area contributed by atoms with Crippen molar-refractivity contribution in [3.63, 3.8) is 0 Å². The predicted molar refractivity (Wildman–Crippen MR) is 59.5 cm³/mol. The van der Waals surface area contributed by atoms with Crippen molar-refractivity contribution < 1.29 is 9.53 Å². The molecule has 0 radical (unpaired) electrons. The highest BCUT2D eigenvalue weighted by Gasteiger charge is 2.21. The van der Waals surface area contributed by atoms with Gasteiger partial charge in [0.05, 0.1) is 10.9 Å². The molecule has 1 amide bonds. The lowest BCUT2D eigenvalue weighted by atomic mass is 10.1. The fourth-order valence-corrected chi connectivity index (χ4v) is 1.58. The van der Waals surface area contributed by atoms with Gasteiger partial charge in [0.2, 0.25) is 5.91 Å². The van der Waals surface area contributed by atoms with E-state index in [2.05, 4.69) is 21.2 Å². The van der Waals surface area contributed by atoms with Gasteiger partial charge in [-0.1, -0.05) is 29.8 Å². The molecule has 0 aromatic carbocycles. The Bertz CT molecular complexity index is 191. The molecule has 3 nitrogen and oxygen atoms in total. The van der Waals surface area contributed by atoms with E-state index in [1.54, 1.807) is 0 Å². The lowest BCUT2D eigenvalue weighted by molar-refractivity contribution is -0.121. The van der Waals surface area contributed by atoms with Crippen LogP contribution in [0.1, 0.15) is 26.7 Å². The van der Waals surface area contributed by atoms with E-state index < -0.39 is 0 Å². The van der Waals surface area contributed by atoms with Gasteiger partial charge >= 0.3 is 0 Å². The van der Waals surface area contributed by atoms with Crippen molar-refractivity contribution in [2.75, 3.05) is 13.2 Å². The normalized spacial score (nSPS) is 23.9. The second-order valence-electron chi connectivity index (χ2n) is 4.03. The third-order valence-corrected chi connectivity index (χ3v) is 3.84. The number of alkyl halides is 1. The molecule has 0 spiro atoms. The maximum atomic E-state index is 11.5. The van der Waals surface area contributed by atoms with Crippen LogP contribution in [-0.2, 0) is 9.53 Å². The SMILES string of the molecule is CC(C)[C@@H](Br)C(=O)NC[C@@H]1CCCO1. The van der Waals surface area contributed by atoms with Crippen molar-refractivity contribution in [3.05, 3.63) is 0 Å². The molecule has 1 aliphatic rings. The van der Waals surface area contributed by atoms with Crippen LogP contribution in [0.3, 0.4) is 0 Å². The Labute approximate surface area is 93.7 Å². The van der Waals surface area contributed by atoms with Gasteiger partial charge in [-0.3, -0.25) is 4.79 Å². The van der Waals surface area contributed by atoms with Crippen LogP contribution in [0.4, 0.5) is 0 Å². The molecule has 82 valence electrons. The van der Waals surface area contributed by atoms with E-state index in [0.717, 1.165) is 19.4 Å². The zero-order valence-corrected chi connectivity index (χ0v) is 10.3. The van der Waals surface area contributed by atoms with E-state index in [-0.39, 0.29) is 16.8 Å². The Kier molecular flexibility index (Phi) is 4.89. The third-order valence-electron chi connectivity index (χ3n) is 2.36. The first-order valence-corrected chi connectivity index (χ1v) is 6.06. The fourth-order valence-electron chi connectivity index (χ4n) is 1.42. The molecule has 1 rings (SSSR count). The lowest BCUT2D eigenvalue weighted by Gasteiger charge is -2.15. The molecule has 14 heavy (non-hydrogen) atoms. The van der Waals surface area contributed by atoms with Crippen LogP contribution in [0.15, 0.2) is 0 Å². The summed E-state index contributed by atoms with van der Waals surface area (Å²) in [5.41, 5.74) is 0. The van der Waals surface area contributed by atoms with Gasteiger partial charge in [-0.2, -0.15) is 0 Å². The molecule has 1 saturated heterocycles. The Balaban J connectivity index is 2.19. The van der Waals surface area contributed by atoms with Crippen molar-refractivity contribution in [1.29, 1.82) is 0 Å². The standard InChI is InChI=1S/C10H18BrNO2/c1-7(2)9(11)10(13)12-6-8-4-3-5-14-8/h7-9H,3-6H2,1-2H3,(H,12,13)/t8-,9+/m0/s1. The third kappa shape index (κ3) is 3.58. The summed E-state index contributed by atoms with van der Waals surface area (Å²) in [6, 6.07) is 0. The van der Waals surface area contributed by atoms with Gasteiger partial charge < -0.3 is 10.1 Å². The van der Waals surface area contributed by atoms with Gasteiger partial charge in [0.25, 0.3) is 0 Å². The number of carbonyl (C=O) groups excluding carboxylic acids is 1. The van der Waals surface area contributed by atoms with E-state index in [1.165, 1.54) is 0 Å². The van der Waals surface area contributed by atoms with Crippen molar-refractivity contribution in [2.45, 2.75) is 37.6 Å². The van der Waals surface area contributed by atoms with Gasteiger partial charge in [0.15, 0.2) is 0 Å². The zero-order chi connectivity index (χ0) is 10.6. The molecule has 1 fully saturated rings. The highest BCUT2D eigenvalue weighted by molar-refractivity contribution is 9.10. The fraction of sp³-hybridized carbons (Fsp3) is 0.900. The summed E-state index contributed by atoms with van der Waals surface area (Å²) in [6.07, 6.45) is 2.41. The molecule has 1 heterocycles. The van der Waals surface area contributed by atoms with E-state index in [9.17, 15) is 4.79 Å². The monoisotopic (exact) mass is 263 g/mol. The van der Waals surface area contributed by atoms with Crippen LogP contribution in [0, 0.1) is 5.92 Å². The minimum atomic E-state index is -0.0936. The molecular formula is C10H18BrNO2. The number of ether oxygens (including phenoxy) is 1. The van der Waals surface area contributed by atoms with Crippen LogP contribution >= 0.6 is 15.9 Å². The summed E-state index contributed by atoms with van der Waals surface area (Å²) in [6.45, 7) is 5.52. The molecule has 2 atom stereocenters. The van der Waals surface area contributed by atoms with Gasteiger partial charge in [-0.25, -0.2) is 0 Å². The quantitative estimate of drug-likeness (QED) is 0.785. The Morgan fingerprint density at radius 1 is 1.64 bits per heavy atom. The number of hydrogen-bond acceptors (Lipinski definition) is 2. The maximum absolute atomic E-state index is 11.5. The largest absolute Gasteiger partial charge is 0.376 e. The molecule has 1 N–H and O–H groups in total. The number of carbonyl (C=O) groups is 1. The average Bonchev–Trinajstić information content (AvgIpc) is 2.65. The number of hydrogen-bond donors (Lipinski definition) is 1. The van der Waals surface area contributed by atoms with E-state index in [1.807, 2.05) is 13.8 Å². The number of halogens is 1. The van der Waals surface area contributed by atoms with Crippen LogP contribution < -0.4 is 5.32 Å². The highest BCUT2D eigenvalue weighted by atomic mass is 79.9. The molecule has 0 saturated carbocycles. The Morgan fingerprint density at radius 2 is 2.36 bits per heavy atom. The minimum Gasteiger partial charge on any atom is -0.376 e. The van der Waals surface area contributed by atoms with Gasteiger partial charge in [0, 0.05) is 13.2 Å². The Hall–Kier alpha value is -0.0900. The molecule has 0 aromatic rings. The second kappa shape index (κ2) is 5.71. The van der Waals surface area contributed by atoms with Crippen LogP contribution in [0.25, 0.3) is 0 Å². The van der Waals surface area contributed by atoms with Crippen molar-refractivity contribution >= 4 is 21.8 Å². The van der Waals surface area contributed by atoms with E-state index >= 15 is 0 Å². The summed E-state index contributed by atoms with van der Waals surface area (Å²) in [7, 11) is 0. The Morgan fingerprint density at radius 3 is 2.86 bits per heavy atom. The maximum Gasteiger partial charge on any atom is 0.234 e. The molecular weight excluding hydrogens is 246 g/mol. The van der Waals surface area contributed by atoms with Crippen molar-refractivity contribution in [2.24, 2.45) is 5.92 Å². The summed E-state index contributed by atoms with van der Waals surface area (Å²) in [4.78, 5) is 11.4. The first-order valence-electron chi connectivity index (χ1n) is 5.14. The first kappa shape index (κ1) is 12.0. The van der Waals surface area contributed by atoms with Gasteiger partial charge in [-0.15, -0.1) is 0 Å². The second-order valence-corrected chi connectivity index (χ2v) is 5.01. The van der Waals surface area contributed by atoms with Gasteiger partial charge in [-0.05, 0) is 18.8 Å². The van der Waals surface area contributed by atoms with Crippen LogP contribution in [-0.4, -0.2) is 30.0 Å². The predicted octanol–water partition coefficient (Wildman–Crippen LogP) is 1.70. The topological polar surface area (TPSA) is 38.3 Å². The van der Waals surface area contributed by atoms with Gasteiger partial charge in [0.1, 0.15) is 0 Å². The van der Waals surface area contributed by atoms with Crippen LogP contribution in [0.5, 0.6) is 0 Å². The van der Waals surface area contributed by atoms with Crippen molar-refractivity contribution in [3.8, 4) is 0 Å². The summed E-state index contributed by atoms with van der Waals surface area (Å²) in [5, 5.41) is 2.89. The molecule has 1 aliphatic heterocycles. The van der Waals surface area contributed by atoms with Crippen LogP contribution in [0.2, 0.25) is 0 Å². The van der Waals surface area contributed by atoms with E-state index in [4.69, 9.17) is 4.74 Å². The molecule has 0 aliphatic carbocycles. The number of nitrogens with one attached hydrogen (secondary N) is 1. The summed E-state index contributed by atoms with van der Waals surface area (Å²) < 4.78 is 5.41. The molecule has 0 aromatic heterocycles. The molecule has 0 bridgehead atoms.